The first-order valence-corrected chi connectivity index (χ1v) is 6.23. The van der Waals surface area contributed by atoms with Gasteiger partial charge in [0.1, 0.15) is 5.75 Å². The Kier molecular flexibility index (Phi) is 6.22. The van der Waals surface area contributed by atoms with Gasteiger partial charge in [0.05, 0.1) is 6.10 Å². The Morgan fingerprint density at radius 1 is 1.39 bits per heavy atom. The van der Waals surface area contributed by atoms with Gasteiger partial charge in [-0.05, 0) is 25.0 Å². The smallest absolute Gasteiger partial charge is 0.449 e. The van der Waals surface area contributed by atoms with Crippen LogP contribution in [0, 0.1) is 0 Å². The van der Waals surface area contributed by atoms with E-state index in [1.165, 1.54) is 0 Å². The summed E-state index contributed by atoms with van der Waals surface area (Å²) < 4.78 is 10.4. The number of benzene rings is 1. The summed E-state index contributed by atoms with van der Waals surface area (Å²) in [6.45, 7) is 4.83. The highest BCUT2D eigenvalue weighted by molar-refractivity contribution is 5.62. The number of carboxylic acid groups (broad SMARTS) is 1. The lowest BCUT2D eigenvalue weighted by molar-refractivity contribution is 0.0638. The zero-order chi connectivity index (χ0) is 13.4. The van der Waals surface area contributed by atoms with Crippen molar-refractivity contribution in [1.82, 2.24) is 0 Å². The first-order chi connectivity index (χ1) is 8.63. The molecule has 0 saturated heterocycles. The van der Waals surface area contributed by atoms with E-state index in [4.69, 9.17) is 14.6 Å². The van der Waals surface area contributed by atoms with Gasteiger partial charge < -0.3 is 14.6 Å². The quantitative estimate of drug-likeness (QED) is 0.458. The van der Waals surface area contributed by atoms with Crippen LogP contribution in [0.25, 0.3) is 0 Å². The Morgan fingerprint density at radius 2 is 2.11 bits per heavy atom. The summed E-state index contributed by atoms with van der Waals surface area (Å²) in [5.41, 5.74) is 0.851. The molecule has 0 aliphatic carbocycles. The topological polar surface area (TPSA) is 55.8 Å². The highest BCUT2D eigenvalue weighted by Gasteiger charge is 2.10. The van der Waals surface area contributed by atoms with E-state index in [2.05, 4.69) is 6.92 Å². The SMILES string of the molecule is CCCCOC(C)Cc1ccccc1OC(=O)O. The lowest BCUT2D eigenvalue weighted by atomic mass is 10.1. The Bertz CT molecular complexity index is 376. The Balaban J connectivity index is 2.57. The second kappa shape index (κ2) is 7.71. The first kappa shape index (κ1) is 14.5. The van der Waals surface area contributed by atoms with Gasteiger partial charge >= 0.3 is 6.16 Å². The van der Waals surface area contributed by atoms with Crippen molar-refractivity contribution in [1.29, 1.82) is 0 Å². The second-order valence-corrected chi connectivity index (χ2v) is 4.21. The fraction of sp³-hybridized carbons (Fsp3) is 0.500. The molecule has 4 heteroatoms. The largest absolute Gasteiger partial charge is 0.511 e. The Morgan fingerprint density at radius 3 is 2.78 bits per heavy atom. The number of unbranched alkanes of at least 4 members (excludes halogenated alkanes) is 1. The molecular formula is C14H20O4. The van der Waals surface area contributed by atoms with Crippen LogP contribution in [0.5, 0.6) is 5.75 Å². The Labute approximate surface area is 108 Å². The van der Waals surface area contributed by atoms with Crippen molar-refractivity contribution >= 4 is 6.16 Å². The maximum absolute atomic E-state index is 10.6. The van der Waals surface area contributed by atoms with Gasteiger partial charge in [0, 0.05) is 13.0 Å². The molecule has 0 aliphatic rings. The molecule has 1 N–H and O–H groups in total. The zero-order valence-corrected chi connectivity index (χ0v) is 10.9. The molecule has 1 atom stereocenters. The number of hydrogen-bond donors (Lipinski definition) is 1. The molecule has 1 aromatic rings. The van der Waals surface area contributed by atoms with E-state index in [0.717, 1.165) is 25.0 Å². The summed E-state index contributed by atoms with van der Waals surface area (Å²) in [5.74, 6) is 0.385. The maximum atomic E-state index is 10.6. The average molecular weight is 252 g/mol. The van der Waals surface area contributed by atoms with Crippen LogP contribution in [-0.2, 0) is 11.2 Å². The van der Waals surface area contributed by atoms with Crippen molar-refractivity contribution in [3.05, 3.63) is 29.8 Å². The van der Waals surface area contributed by atoms with E-state index in [-0.39, 0.29) is 6.10 Å². The van der Waals surface area contributed by atoms with Crippen molar-refractivity contribution in [2.45, 2.75) is 39.2 Å². The van der Waals surface area contributed by atoms with E-state index in [0.29, 0.717) is 12.2 Å². The zero-order valence-electron chi connectivity index (χ0n) is 10.9. The summed E-state index contributed by atoms with van der Waals surface area (Å²) in [7, 11) is 0. The molecule has 0 bridgehead atoms. The molecule has 0 aliphatic heterocycles. The Hall–Kier alpha value is -1.55. The van der Waals surface area contributed by atoms with Gasteiger partial charge in [0.15, 0.2) is 0 Å². The van der Waals surface area contributed by atoms with E-state index < -0.39 is 6.16 Å². The van der Waals surface area contributed by atoms with E-state index in [1.807, 2.05) is 19.1 Å². The van der Waals surface area contributed by atoms with Gasteiger partial charge in [0.25, 0.3) is 0 Å². The molecule has 1 rings (SSSR count). The predicted octanol–water partition coefficient (Wildman–Crippen LogP) is 3.49. The molecule has 18 heavy (non-hydrogen) atoms. The highest BCUT2D eigenvalue weighted by atomic mass is 16.7. The molecule has 0 radical (unpaired) electrons. The van der Waals surface area contributed by atoms with Crippen LogP contribution in [0.2, 0.25) is 0 Å². The van der Waals surface area contributed by atoms with Crippen LogP contribution in [0.4, 0.5) is 4.79 Å². The number of ether oxygens (including phenoxy) is 2. The normalized spacial score (nSPS) is 12.1. The van der Waals surface area contributed by atoms with E-state index in [9.17, 15) is 4.79 Å². The predicted molar refractivity (Wildman–Crippen MR) is 69.1 cm³/mol. The van der Waals surface area contributed by atoms with Crippen LogP contribution in [0.3, 0.4) is 0 Å². The van der Waals surface area contributed by atoms with Crippen molar-refractivity contribution in [2.75, 3.05) is 6.61 Å². The van der Waals surface area contributed by atoms with Gasteiger partial charge in [-0.15, -0.1) is 0 Å². The fourth-order valence-corrected chi connectivity index (χ4v) is 1.66. The third-order valence-electron chi connectivity index (χ3n) is 2.58. The summed E-state index contributed by atoms with van der Waals surface area (Å²) in [5, 5.41) is 8.65. The minimum absolute atomic E-state index is 0.0510. The molecule has 1 aromatic carbocycles. The van der Waals surface area contributed by atoms with Crippen LogP contribution in [0.15, 0.2) is 24.3 Å². The van der Waals surface area contributed by atoms with Gasteiger partial charge in [-0.2, -0.15) is 0 Å². The molecule has 0 aromatic heterocycles. The van der Waals surface area contributed by atoms with Gasteiger partial charge in [0.2, 0.25) is 0 Å². The molecule has 0 spiro atoms. The molecule has 0 amide bonds. The molecule has 100 valence electrons. The summed E-state index contributed by atoms with van der Waals surface area (Å²) in [6, 6.07) is 7.13. The highest BCUT2D eigenvalue weighted by Crippen LogP contribution is 2.20. The minimum atomic E-state index is -1.29. The molecule has 1 unspecified atom stereocenters. The number of hydrogen-bond acceptors (Lipinski definition) is 3. The van der Waals surface area contributed by atoms with Crippen LogP contribution >= 0.6 is 0 Å². The molecule has 0 heterocycles. The van der Waals surface area contributed by atoms with Gasteiger partial charge in [-0.25, -0.2) is 4.79 Å². The third-order valence-corrected chi connectivity index (χ3v) is 2.58. The van der Waals surface area contributed by atoms with E-state index >= 15 is 0 Å². The monoisotopic (exact) mass is 252 g/mol. The number of para-hydroxylation sites is 1. The van der Waals surface area contributed by atoms with Crippen molar-refractivity contribution in [2.24, 2.45) is 0 Å². The minimum Gasteiger partial charge on any atom is -0.449 e. The molecule has 0 fully saturated rings. The standard InChI is InChI=1S/C14H20O4/c1-3-4-9-17-11(2)10-12-7-5-6-8-13(12)18-14(15)16/h5-8,11H,3-4,9-10H2,1-2H3,(H,15,16). The third kappa shape index (κ3) is 5.19. The van der Waals surface area contributed by atoms with Crippen LogP contribution in [0.1, 0.15) is 32.3 Å². The molecule has 4 nitrogen and oxygen atoms in total. The van der Waals surface area contributed by atoms with E-state index in [1.54, 1.807) is 12.1 Å². The molecular weight excluding hydrogens is 232 g/mol. The lowest BCUT2D eigenvalue weighted by Crippen LogP contribution is -2.14. The van der Waals surface area contributed by atoms with Crippen molar-refractivity contribution < 1.29 is 19.4 Å². The average Bonchev–Trinajstić information content (AvgIpc) is 2.31. The summed E-state index contributed by atoms with van der Waals surface area (Å²) in [4.78, 5) is 10.6. The van der Waals surface area contributed by atoms with Crippen molar-refractivity contribution in [3.63, 3.8) is 0 Å². The second-order valence-electron chi connectivity index (χ2n) is 4.21. The maximum Gasteiger partial charge on any atom is 0.511 e. The number of carbonyl (C=O) groups is 1. The van der Waals surface area contributed by atoms with Crippen LogP contribution < -0.4 is 4.74 Å². The first-order valence-electron chi connectivity index (χ1n) is 6.23. The van der Waals surface area contributed by atoms with Crippen molar-refractivity contribution in [3.8, 4) is 5.75 Å². The number of rotatable bonds is 7. The van der Waals surface area contributed by atoms with Crippen LogP contribution in [-0.4, -0.2) is 24.0 Å². The summed E-state index contributed by atoms with van der Waals surface area (Å²) >= 11 is 0. The molecule has 0 saturated carbocycles. The summed E-state index contributed by atoms with van der Waals surface area (Å²) in [6.07, 6.45) is 1.55. The van der Waals surface area contributed by atoms with Gasteiger partial charge in [-0.3, -0.25) is 0 Å². The lowest BCUT2D eigenvalue weighted by Gasteiger charge is -2.14. The fourth-order valence-electron chi connectivity index (χ4n) is 1.66. The van der Waals surface area contributed by atoms with Gasteiger partial charge in [-0.1, -0.05) is 31.5 Å².